The lowest BCUT2D eigenvalue weighted by molar-refractivity contribution is -0.134. The molecule has 0 aromatic rings. The smallest absolute Gasteiger partial charge is 0.226 e. The van der Waals surface area contributed by atoms with Crippen molar-refractivity contribution in [2.24, 2.45) is 17.6 Å². The lowest BCUT2D eigenvalue weighted by Crippen LogP contribution is -2.36. The number of likely N-dealkylation sites (tertiary alicyclic amines) is 1. The Morgan fingerprint density at radius 1 is 1.44 bits per heavy atom. The molecule has 1 amide bonds. The van der Waals surface area contributed by atoms with Gasteiger partial charge in [0.2, 0.25) is 5.91 Å². The number of nitrogens with two attached hydrogens (primary N) is 1. The van der Waals surface area contributed by atoms with Gasteiger partial charge in [0, 0.05) is 25.0 Å². The van der Waals surface area contributed by atoms with Crippen molar-refractivity contribution in [1.82, 2.24) is 4.90 Å². The highest BCUT2D eigenvalue weighted by Gasteiger charge is 2.31. The van der Waals surface area contributed by atoms with Gasteiger partial charge in [0.15, 0.2) is 0 Å². The third-order valence-electron chi connectivity index (χ3n) is 3.90. The molecule has 3 atom stereocenters. The van der Waals surface area contributed by atoms with Crippen LogP contribution in [-0.2, 0) is 4.79 Å². The Kier molecular flexibility index (Phi) is 3.64. The summed E-state index contributed by atoms with van der Waals surface area (Å²) in [5, 5.41) is 0. The zero-order valence-corrected chi connectivity index (χ0v) is 10.1. The molecule has 90 valence electrons. The first-order chi connectivity index (χ1) is 7.68. The van der Waals surface area contributed by atoms with E-state index in [1.54, 1.807) is 0 Å². The molecule has 3 heteroatoms. The summed E-state index contributed by atoms with van der Waals surface area (Å²) in [5.41, 5.74) is 5.89. The molecule has 3 unspecified atom stereocenters. The summed E-state index contributed by atoms with van der Waals surface area (Å²) < 4.78 is 0. The number of carbonyl (C=O) groups excluding carboxylic acids is 1. The maximum absolute atomic E-state index is 12.2. The van der Waals surface area contributed by atoms with Crippen molar-refractivity contribution in [1.29, 1.82) is 0 Å². The third kappa shape index (κ3) is 2.46. The lowest BCUT2D eigenvalue weighted by Gasteiger charge is -2.24. The van der Waals surface area contributed by atoms with Gasteiger partial charge >= 0.3 is 0 Å². The second kappa shape index (κ2) is 5.00. The molecule has 0 spiro atoms. The minimum atomic E-state index is 0.212. The van der Waals surface area contributed by atoms with E-state index >= 15 is 0 Å². The summed E-state index contributed by atoms with van der Waals surface area (Å²) in [7, 11) is 0. The van der Waals surface area contributed by atoms with Crippen molar-refractivity contribution in [2.75, 3.05) is 13.1 Å². The van der Waals surface area contributed by atoms with Gasteiger partial charge in [-0.1, -0.05) is 12.2 Å². The summed E-state index contributed by atoms with van der Waals surface area (Å²) in [4.78, 5) is 14.2. The lowest BCUT2D eigenvalue weighted by atomic mass is 9.93. The van der Waals surface area contributed by atoms with Gasteiger partial charge in [-0.3, -0.25) is 4.79 Å². The van der Waals surface area contributed by atoms with Crippen molar-refractivity contribution in [3.8, 4) is 0 Å². The number of allylic oxidation sites excluding steroid dienone is 2. The van der Waals surface area contributed by atoms with Crippen LogP contribution in [0.1, 0.15) is 32.6 Å². The van der Waals surface area contributed by atoms with Crippen LogP contribution in [0.5, 0.6) is 0 Å². The van der Waals surface area contributed by atoms with E-state index in [1.165, 1.54) is 0 Å². The second-order valence-electron chi connectivity index (χ2n) is 5.17. The normalized spacial score (nSPS) is 31.8. The average Bonchev–Trinajstić information content (AvgIpc) is 2.78. The number of hydrogen-bond acceptors (Lipinski definition) is 2. The molecule has 2 aliphatic rings. The quantitative estimate of drug-likeness (QED) is 0.720. The van der Waals surface area contributed by atoms with Gasteiger partial charge in [-0.25, -0.2) is 0 Å². The van der Waals surface area contributed by atoms with E-state index in [0.29, 0.717) is 11.8 Å². The highest BCUT2D eigenvalue weighted by Crippen LogP contribution is 2.25. The average molecular weight is 222 g/mol. The molecule has 0 saturated carbocycles. The topological polar surface area (TPSA) is 46.3 Å². The Labute approximate surface area is 97.7 Å². The maximum Gasteiger partial charge on any atom is 0.226 e. The van der Waals surface area contributed by atoms with E-state index in [0.717, 1.165) is 38.8 Å². The Hall–Kier alpha value is -0.830. The fraction of sp³-hybridized carbons (Fsp3) is 0.769. The van der Waals surface area contributed by atoms with Crippen LogP contribution in [0.3, 0.4) is 0 Å². The summed E-state index contributed by atoms with van der Waals surface area (Å²) >= 11 is 0. The van der Waals surface area contributed by atoms with Crippen molar-refractivity contribution >= 4 is 5.91 Å². The molecular weight excluding hydrogens is 200 g/mol. The summed E-state index contributed by atoms with van der Waals surface area (Å²) in [6, 6.07) is 0.212. The maximum atomic E-state index is 12.2. The van der Waals surface area contributed by atoms with Crippen LogP contribution in [0.25, 0.3) is 0 Å². The van der Waals surface area contributed by atoms with Crippen molar-refractivity contribution in [3.05, 3.63) is 12.2 Å². The Morgan fingerprint density at radius 2 is 2.25 bits per heavy atom. The molecule has 2 N–H and O–H groups in total. The summed E-state index contributed by atoms with van der Waals surface area (Å²) in [6.45, 7) is 3.82. The predicted octanol–water partition coefficient (Wildman–Crippen LogP) is 1.54. The molecule has 0 bridgehead atoms. The van der Waals surface area contributed by atoms with Crippen LogP contribution in [-0.4, -0.2) is 29.9 Å². The van der Waals surface area contributed by atoms with E-state index in [-0.39, 0.29) is 12.0 Å². The highest BCUT2D eigenvalue weighted by atomic mass is 16.2. The van der Waals surface area contributed by atoms with Gasteiger partial charge in [0.05, 0.1) is 0 Å². The monoisotopic (exact) mass is 222 g/mol. The second-order valence-corrected chi connectivity index (χ2v) is 5.17. The first-order valence-corrected chi connectivity index (χ1v) is 6.38. The first kappa shape index (κ1) is 11.6. The molecule has 3 nitrogen and oxygen atoms in total. The Morgan fingerprint density at radius 3 is 2.81 bits per heavy atom. The number of carbonyl (C=O) groups is 1. The van der Waals surface area contributed by atoms with Gasteiger partial charge in [0.25, 0.3) is 0 Å². The highest BCUT2D eigenvalue weighted by molar-refractivity contribution is 5.79. The van der Waals surface area contributed by atoms with Gasteiger partial charge in [-0.2, -0.15) is 0 Å². The first-order valence-electron chi connectivity index (χ1n) is 6.38. The molecule has 1 aliphatic heterocycles. The van der Waals surface area contributed by atoms with E-state index in [2.05, 4.69) is 12.2 Å². The molecule has 2 rings (SSSR count). The van der Waals surface area contributed by atoms with E-state index in [1.807, 2.05) is 11.8 Å². The molecule has 0 aromatic heterocycles. The van der Waals surface area contributed by atoms with Gasteiger partial charge in [-0.15, -0.1) is 0 Å². The van der Waals surface area contributed by atoms with Crippen LogP contribution >= 0.6 is 0 Å². The van der Waals surface area contributed by atoms with E-state index in [9.17, 15) is 4.79 Å². The minimum Gasteiger partial charge on any atom is -0.342 e. The SMILES string of the molecule is CC(N)C1CCN(C(=O)C2CC=CCC2)C1. The predicted molar refractivity (Wildman–Crippen MR) is 64.8 cm³/mol. The standard InChI is InChI=1S/C13H22N2O/c1-10(14)12-7-8-15(9-12)13(16)11-5-3-2-4-6-11/h2-3,10-12H,4-9,14H2,1H3. The largest absolute Gasteiger partial charge is 0.342 e. The summed E-state index contributed by atoms with van der Waals surface area (Å²) in [5.74, 6) is 1.09. The number of rotatable bonds is 2. The molecule has 0 radical (unpaired) electrons. The minimum absolute atomic E-state index is 0.212. The third-order valence-corrected chi connectivity index (χ3v) is 3.90. The van der Waals surface area contributed by atoms with Gasteiger partial charge in [0.1, 0.15) is 0 Å². The molecule has 1 saturated heterocycles. The molecule has 1 fully saturated rings. The van der Waals surface area contributed by atoms with Crippen LogP contribution in [0.15, 0.2) is 12.2 Å². The van der Waals surface area contributed by atoms with Gasteiger partial charge < -0.3 is 10.6 Å². The Balaban J connectivity index is 1.89. The fourth-order valence-electron chi connectivity index (χ4n) is 2.69. The van der Waals surface area contributed by atoms with Crippen LogP contribution in [0, 0.1) is 11.8 Å². The van der Waals surface area contributed by atoms with E-state index < -0.39 is 0 Å². The molecule has 0 aromatic carbocycles. The Bertz CT molecular complexity index is 286. The van der Waals surface area contributed by atoms with Crippen molar-refractivity contribution in [2.45, 2.75) is 38.6 Å². The molecule has 16 heavy (non-hydrogen) atoms. The van der Waals surface area contributed by atoms with Crippen LogP contribution in [0.4, 0.5) is 0 Å². The zero-order valence-electron chi connectivity index (χ0n) is 10.1. The van der Waals surface area contributed by atoms with Crippen LogP contribution < -0.4 is 5.73 Å². The number of hydrogen-bond donors (Lipinski definition) is 1. The zero-order chi connectivity index (χ0) is 11.5. The van der Waals surface area contributed by atoms with E-state index in [4.69, 9.17) is 5.73 Å². The van der Waals surface area contributed by atoms with Crippen molar-refractivity contribution < 1.29 is 4.79 Å². The molecule has 1 aliphatic carbocycles. The number of amides is 1. The molecule has 1 heterocycles. The number of nitrogens with zero attached hydrogens (tertiary/aromatic N) is 1. The van der Waals surface area contributed by atoms with Gasteiger partial charge in [-0.05, 0) is 38.5 Å². The van der Waals surface area contributed by atoms with Crippen LogP contribution in [0.2, 0.25) is 0 Å². The fourth-order valence-corrected chi connectivity index (χ4v) is 2.69. The molecular formula is C13H22N2O. The summed E-state index contributed by atoms with van der Waals surface area (Å²) in [6.07, 6.45) is 8.41. The van der Waals surface area contributed by atoms with Crippen molar-refractivity contribution in [3.63, 3.8) is 0 Å².